The van der Waals surface area contributed by atoms with Crippen LogP contribution in [-0.2, 0) is 0 Å². The molecule has 5 heteroatoms. The molecule has 0 aliphatic heterocycles. The summed E-state index contributed by atoms with van der Waals surface area (Å²) < 4.78 is 5.43. The van der Waals surface area contributed by atoms with E-state index in [9.17, 15) is 9.90 Å². The van der Waals surface area contributed by atoms with Crippen LogP contribution in [0.4, 0.5) is 0 Å². The minimum absolute atomic E-state index is 0.0487. The number of rotatable bonds is 6. The van der Waals surface area contributed by atoms with Crippen molar-refractivity contribution >= 4 is 5.91 Å². The highest BCUT2D eigenvalue weighted by Crippen LogP contribution is 2.13. The average Bonchev–Trinajstić information content (AvgIpc) is 2.33. The van der Waals surface area contributed by atoms with Crippen molar-refractivity contribution in [1.29, 1.82) is 0 Å². The lowest BCUT2D eigenvalue weighted by atomic mass is 10.1. The van der Waals surface area contributed by atoms with E-state index in [1.165, 1.54) is 0 Å². The van der Waals surface area contributed by atoms with Gasteiger partial charge in [0.1, 0.15) is 18.5 Å². The molecule has 0 aliphatic carbocycles. The molecule has 106 valence electrons. The van der Waals surface area contributed by atoms with Crippen LogP contribution in [-0.4, -0.2) is 35.8 Å². The number of amides is 1. The second-order valence-electron chi connectivity index (χ2n) is 5.49. The number of carbonyl (C=O) groups excluding carboxylic acids is 1. The van der Waals surface area contributed by atoms with Gasteiger partial charge in [-0.15, -0.1) is 0 Å². The SMILES string of the molecule is CC(C)(C)NCC(O)COc1cccc(C(N)=O)c1. The number of aliphatic hydroxyl groups is 1. The fourth-order valence-corrected chi connectivity index (χ4v) is 1.41. The molecule has 1 aromatic carbocycles. The summed E-state index contributed by atoms with van der Waals surface area (Å²) in [4.78, 5) is 11.0. The predicted octanol–water partition coefficient (Wildman–Crippen LogP) is 0.913. The van der Waals surface area contributed by atoms with Gasteiger partial charge in [-0.05, 0) is 39.0 Å². The van der Waals surface area contributed by atoms with Crippen LogP contribution in [0.25, 0.3) is 0 Å². The molecule has 5 nitrogen and oxygen atoms in total. The first kappa shape index (κ1) is 15.5. The van der Waals surface area contributed by atoms with Crippen LogP contribution in [0.5, 0.6) is 5.75 Å². The number of nitrogens with one attached hydrogen (secondary N) is 1. The molecule has 0 saturated carbocycles. The maximum Gasteiger partial charge on any atom is 0.248 e. The minimum Gasteiger partial charge on any atom is -0.491 e. The van der Waals surface area contributed by atoms with Gasteiger partial charge in [0.05, 0.1) is 0 Å². The van der Waals surface area contributed by atoms with E-state index in [-0.39, 0.29) is 12.1 Å². The summed E-state index contributed by atoms with van der Waals surface area (Å²) in [6.07, 6.45) is -0.614. The number of hydrogen-bond acceptors (Lipinski definition) is 4. The summed E-state index contributed by atoms with van der Waals surface area (Å²) >= 11 is 0. The number of hydrogen-bond donors (Lipinski definition) is 3. The van der Waals surface area contributed by atoms with Crippen molar-refractivity contribution in [2.75, 3.05) is 13.2 Å². The molecule has 0 heterocycles. The molecular formula is C14H22N2O3. The van der Waals surface area contributed by atoms with Gasteiger partial charge in [0.25, 0.3) is 0 Å². The first-order valence-electron chi connectivity index (χ1n) is 6.24. The Labute approximate surface area is 113 Å². The van der Waals surface area contributed by atoms with Crippen LogP contribution < -0.4 is 15.8 Å². The monoisotopic (exact) mass is 266 g/mol. The van der Waals surface area contributed by atoms with Crippen molar-refractivity contribution in [1.82, 2.24) is 5.32 Å². The predicted molar refractivity (Wildman–Crippen MR) is 74.2 cm³/mol. The Balaban J connectivity index is 2.44. The maximum absolute atomic E-state index is 11.0. The van der Waals surface area contributed by atoms with E-state index in [0.29, 0.717) is 17.9 Å². The van der Waals surface area contributed by atoms with Gasteiger partial charge in [0.2, 0.25) is 5.91 Å². The van der Waals surface area contributed by atoms with Gasteiger partial charge < -0.3 is 20.9 Å². The molecule has 0 saturated heterocycles. The average molecular weight is 266 g/mol. The molecule has 0 spiro atoms. The zero-order valence-electron chi connectivity index (χ0n) is 11.6. The first-order chi connectivity index (χ1) is 8.78. The molecule has 1 amide bonds. The third-order valence-electron chi connectivity index (χ3n) is 2.43. The summed E-state index contributed by atoms with van der Waals surface area (Å²) in [5, 5.41) is 13.0. The highest BCUT2D eigenvalue weighted by Gasteiger charge is 2.12. The molecule has 0 fully saturated rings. The highest BCUT2D eigenvalue weighted by atomic mass is 16.5. The van der Waals surface area contributed by atoms with Gasteiger partial charge in [-0.1, -0.05) is 6.07 Å². The Bertz CT molecular complexity index is 427. The van der Waals surface area contributed by atoms with Crippen LogP contribution in [0.2, 0.25) is 0 Å². The van der Waals surface area contributed by atoms with Crippen molar-refractivity contribution in [3.05, 3.63) is 29.8 Å². The molecule has 0 bridgehead atoms. The van der Waals surface area contributed by atoms with E-state index in [1.54, 1.807) is 24.3 Å². The van der Waals surface area contributed by atoms with E-state index in [2.05, 4.69) is 5.32 Å². The molecule has 4 N–H and O–H groups in total. The third-order valence-corrected chi connectivity index (χ3v) is 2.43. The summed E-state index contributed by atoms with van der Waals surface area (Å²) in [5.74, 6) is 0.0199. The largest absolute Gasteiger partial charge is 0.491 e. The summed E-state index contributed by atoms with van der Waals surface area (Å²) in [5.41, 5.74) is 5.52. The number of primary amides is 1. The van der Waals surface area contributed by atoms with Crippen molar-refractivity contribution in [2.24, 2.45) is 5.73 Å². The smallest absolute Gasteiger partial charge is 0.248 e. The standard InChI is InChI=1S/C14H22N2O3/c1-14(2,3)16-8-11(17)9-19-12-6-4-5-10(7-12)13(15)18/h4-7,11,16-17H,8-9H2,1-3H3,(H2,15,18). The number of ether oxygens (including phenoxy) is 1. The minimum atomic E-state index is -0.614. The van der Waals surface area contributed by atoms with Crippen LogP contribution in [0.3, 0.4) is 0 Å². The quantitative estimate of drug-likeness (QED) is 0.714. The number of aliphatic hydroxyl groups excluding tert-OH is 1. The third kappa shape index (κ3) is 6.22. The van der Waals surface area contributed by atoms with E-state index in [0.717, 1.165) is 0 Å². The highest BCUT2D eigenvalue weighted by molar-refractivity contribution is 5.93. The fraction of sp³-hybridized carbons (Fsp3) is 0.500. The van der Waals surface area contributed by atoms with E-state index < -0.39 is 12.0 Å². The van der Waals surface area contributed by atoms with Crippen molar-refractivity contribution < 1.29 is 14.6 Å². The normalized spacial score (nSPS) is 13.1. The molecule has 1 atom stereocenters. The van der Waals surface area contributed by atoms with Crippen molar-refractivity contribution in [3.63, 3.8) is 0 Å². The summed E-state index contributed by atoms with van der Waals surface area (Å²) in [7, 11) is 0. The van der Waals surface area contributed by atoms with Gasteiger partial charge >= 0.3 is 0 Å². The van der Waals surface area contributed by atoms with Gasteiger partial charge in [0.15, 0.2) is 0 Å². The lowest BCUT2D eigenvalue weighted by Gasteiger charge is -2.23. The molecule has 0 aromatic heterocycles. The second-order valence-corrected chi connectivity index (χ2v) is 5.49. The fourth-order valence-electron chi connectivity index (χ4n) is 1.41. The first-order valence-corrected chi connectivity index (χ1v) is 6.24. The molecule has 0 aliphatic rings. The van der Waals surface area contributed by atoms with Crippen molar-refractivity contribution in [3.8, 4) is 5.75 Å². The number of β-amino-alcohol motifs (C(OH)–C–C–N with tert-alkyl or cyclic N) is 1. The van der Waals surface area contributed by atoms with Gasteiger partial charge in [-0.25, -0.2) is 0 Å². The molecule has 1 unspecified atom stereocenters. The van der Waals surface area contributed by atoms with E-state index in [4.69, 9.17) is 10.5 Å². The van der Waals surface area contributed by atoms with Crippen LogP contribution in [0, 0.1) is 0 Å². The Morgan fingerprint density at radius 3 is 2.74 bits per heavy atom. The Kier molecular flexibility index (Phi) is 5.32. The second kappa shape index (κ2) is 6.54. The lowest BCUT2D eigenvalue weighted by Crippen LogP contribution is -2.42. The molecule has 19 heavy (non-hydrogen) atoms. The topological polar surface area (TPSA) is 84.6 Å². The number of benzene rings is 1. The Morgan fingerprint density at radius 1 is 1.47 bits per heavy atom. The van der Waals surface area contributed by atoms with E-state index >= 15 is 0 Å². The number of nitrogens with two attached hydrogens (primary N) is 1. The zero-order valence-corrected chi connectivity index (χ0v) is 11.6. The summed E-state index contributed by atoms with van der Waals surface area (Å²) in [6.45, 7) is 6.68. The van der Waals surface area contributed by atoms with Crippen LogP contribution in [0.1, 0.15) is 31.1 Å². The molecule has 0 radical (unpaired) electrons. The molecule has 1 rings (SSSR count). The van der Waals surface area contributed by atoms with Gasteiger partial charge in [-0.2, -0.15) is 0 Å². The zero-order chi connectivity index (χ0) is 14.5. The van der Waals surface area contributed by atoms with Crippen LogP contribution >= 0.6 is 0 Å². The van der Waals surface area contributed by atoms with Gasteiger partial charge in [0, 0.05) is 17.6 Å². The van der Waals surface area contributed by atoms with Crippen molar-refractivity contribution in [2.45, 2.75) is 32.4 Å². The van der Waals surface area contributed by atoms with Gasteiger partial charge in [-0.3, -0.25) is 4.79 Å². The lowest BCUT2D eigenvalue weighted by molar-refractivity contribution is 0.0986. The Hall–Kier alpha value is -1.59. The van der Waals surface area contributed by atoms with Crippen LogP contribution in [0.15, 0.2) is 24.3 Å². The molecular weight excluding hydrogens is 244 g/mol. The summed E-state index contributed by atoms with van der Waals surface area (Å²) in [6, 6.07) is 6.59. The molecule has 1 aromatic rings. The Morgan fingerprint density at radius 2 is 2.16 bits per heavy atom. The maximum atomic E-state index is 11.0. The van der Waals surface area contributed by atoms with E-state index in [1.807, 2.05) is 20.8 Å². The number of carbonyl (C=O) groups is 1.